The molecule has 1 aromatic carbocycles. The molecule has 2 atom stereocenters. The number of rotatable bonds is 4. The molecule has 0 N–H and O–H groups in total. The number of alkyl halides is 3. The summed E-state index contributed by atoms with van der Waals surface area (Å²) in [5.41, 5.74) is 0.0785. The molecule has 28 heavy (non-hydrogen) atoms. The molecule has 2 aliphatic rings. The first-order valence-electron chi connectivity index (χ1n) is 9.78. The van der Waals surface area contributed by atoms with Gasteiger partial charge in [0.2, 0.25) is 0 Å². The van der Waals surface area contributed by atoms with E-state index in [0.29, 0.717) is 12.8 Å². The predicted octanol–water partition coefficient (Wildman–Crippen LogP) is 5.12. The Bertz CT molecular complexity index is 823. The second-order valence-corrected chi connectivity index (χ2v) is 7.85. The van der Waals surface area contributed by atoms with Crippen LogP contribution in [0.5, 0.6) is 0 Å². The zero-order valence-electron chi connectivity index (χ0n) is 15.5. The fourth-order valence-corrected chi connectivity index (χ4v) is 4.80. The highest BCUT2D eigenvalue weighted by atomic mass is 19.4. The van der Waals surface area contributed by atoms with E-state index < -0.39 is 17.5 Å². The van der Waals surface area contributed by atoms with Gasteiger partial charge < -0.3 is 0 Å². The molecule has 2 saturated heterocycles. The van der Waals surface area contributed by atoms with Crippen LogP contribution >= 0.6 is 0 Å². The molecule has 6 heteroatoms. The van der Waals surface area contributed by atoms with E-state index in [2.05, 4.69) is 22.0 Å². The molecular formula is C22H23F3N2O. The number of fused-ring (bicyclic) bond motifs is 2. The average Bonchev–Trinajstić information content (AvgIpc) is 2.67. The van der Waals surface area contributed by atoms with Gasteiger partial charge in [-0.25, -0.2) is 0 Å². The average molecular weight is 388 g/mol. The zero-order chi connectivity index (χ0) is 19.7. The molecule has 2 unspecified atom stereocenters. The summed E-state index contributed by atoms with van der Waals surface area (Å²) in [4.78, 5) is 19.2. The Hall–Kier alpha value is -2.21. The molecule has 2 aliphatic heterocycles. The van der Waals surface area contributed by atoms with Crippen LogP contribution in [-0.4, -0.2) is 27.8 Å². The van der Waals surface area contributed by atoms with E-state index in [1.54, 1.807) is 0 Å². The van der Waals surface area contributed by atoms with E-state index in [-0.39, 0.29) is 23.6 Å². The smallest absolute Gasteiger partial charge is 0.294 e. The van der Waals surface area contributed by atoms with Gasteiger partial charge in [-0.3, -0.25) is 14.7 Å². The third kappa shape index (κ3) is 3.83. The van der Waals surface area contributed by atoms with Gasteiger partial charge in [0.25, 0.3) is 0 Å². The van der Waals surface area contributed by atoms with Gasteiger partial charge in [-0.05, 0) is 37.3 Å². The number of benzene rings is 1. The predicted molar refractivity (Wildman–Crippen MR) is 99.7 cm³/mol. The third-order valence-electron chi connectivity index (χ3n) is 6.10. The van der Waals surface area contributed by atoms with Crippen LogP contribution in [0.1, 0.15) is 53.6 Å². The molecule has 0 amide bonds. The Morgan fingerprint density at radius 3 is 2.39 bits per heavy atom. The number of hydrogen-bond acceptors (Lipinski definition) is 3. The highest BCUT2D eigenvalue weighted by Gasteiger charge is 2.43. The van der Waals surface area contributed by atoms with Crippen LogP contribution in [0.25, 0.3) is 0 Å². The first-order chi connectivity index (χ1) is 13.4. The second kappa shape index (κ2) is 7.66. The van der Waals surface area contributed by atoms with Crippen LogP contribution in [0.3, 0.4) is 0 Å². The van der Waals surface area contributed by atoms with E-state index in [0.717, 1.165) is 44.3 Å². The van der Waals surface area contributed by atoms with Crippen LogP contribution in [0.15, 0.2) is 48.8 Å². The van der Waals surface area contributed by atoms with Crippen molar-refractivity contribution in [3.05, 3.63) is 65.5 Å². The highest BCUT2D eigenvalue weighted by molar-refractivity contribution is 5.99. The molecule has 2 fully saturated rings. The van der Waals surface area contributed by atoms with E-state index in [1.807, 2.05) is 18.2 Å². The number of carbonyl (C=O) groups excluding carboxylic acids is 1. The number of ketones is 1. The highest BCUT2D eigenvalue weighted by Crippen LogP contribution is 2.40. The number of carbonyl (C=O) groups is 1. The monoisotopic (exact) mass is 388 g/mol. The molecule has 0 radical (unpaired) electrons. The van der Waals surface area contributed by atoms with E-state index in [1.165, 1.54) is 5.56 Å². The summed E-state index contributed by atoms with van der Waals surface area (Å²) in [5.74, 6) is -0.774. The lowest BCUT2D eigenvalue weighted by Gasteiger charge is -2.48. The molecule has 0 saturated carbocycles. The summed E-state index contributed by atoms with van der Waals surface area (Å²) >= 11 is 0. The number of pyridine rings is 1. The van der Waals surface area contributed by atoms with Crippen molar-refractivity contribution in [1.82, 2.24) is 9.88 Å². The maximum atomic E-state index is 13.3. The summed E-state index contributed by atoms with van der Waals surface area (Å²) in [6.07, 6.45) is 1.97. The molecule has 0 spiro atoms. The van der Waals surface area contributed by atoms with Crippen molar-refractivity contribution in [2.24, 2.45) is 5.92 Å². The zero-order valence-corrected chi connectivity index (χ0v) is 15.5. The van der Waals surface area contributed by atoms with Crippen LogP contribution < -0.4 is 0 Å². The molecule has 2 bridgehead atoms. The summed E-state index contributed by atoms with van der Waals surface area (Å²) in [6, 6.07) is 11.6. The van der Waals surface area contributed by atoms with Gasteiger partial charge >= 0.3 is 6.18 Å². The van der Waals surface area contributed by atoms with Crippen molar-refractivity contribution < 1.29 is 18.0 Å². The fraction of sp³-hybridized carbons (Fsp3) is 0.455. The van der Waals surface area contributed by atoms with Gasteiger partial charge in [-0.2, -0.15) is 13.2 Å². The van der Waals surface area contributed by atoms with E-state index in [4.69, 9.17) is 0 Å². The fourth-order valence-electron chi connectivity index (χ4n) is 4.80. The minimum absolute atomic E-state index is 0.243. The summed E-state index contributed by atoms with van der Waals surface area (Å²) < 4.78 is 40.0. The number of aromatic nitrogens is 1. The molecule has 3 heterocycles. The van der Waals surface area contributed by atoms with Crippen LogP contribution in [0, 0.1) is 5.92 Å². The van der Waals surface area contributed by atoms with Gasteiger partial charge in [-0.15, -0.1) is 0 Å². The maximum absolute atomic E-state index is 13.3. The van der Waals surface area contributed by atoms with E-state index in [9.17, 15) is 18.0 Å². The Labute approximate surface area is 162 Å². The summed E-state index contributed by atoms with van der Waals surface area (Å²) in [7, 11) is 0. The molecule has 4 rings (SSSR count). The van der Waals surface area contributed by atoms with Crippen molar-refractivity contribution in [3.8, 4) is 0 Å². The normalized spacial score (nSPS) is 25.5. The number of nitrogens with zero attached hydrogens (tertiary/aromatic N) is 2. The number of halogens is 3. The Morgan fingerprint density at radius 1 is 1.07 bits per heavy atom. The van der Waals surface area contributed by atoms with Gasteiger partial charge in [0, 0.05) is 42.5 Å². The van der Waals surface area contributed by atoms with Gasteiger partial charge in [-0.1, -0.05) is 36.8 Å². The quantitative estimate of drug-likeness (QED) is 0.682. The Balaban J connectivity index is 1.54. The lowest BCUT2D eigenvalue weighted by atomic mass is 9.75. The first kappa shape index (κ1) is 19.1. The van der Waals surface area contributed by atoms with E-state index >= 15 is 0 Å². The first-order valence-corrected chi connectivity index (χ1v) is 9.78. The second-order valence-electron chi connectivity index (χ2n) is 7.85. The van der Waals surface area contributed by atoms with Gasteiger partial charge in [0.05, 0.1) is 5.56 Å². The minimum atomic E-state index is -4.54. The van der Waals surface area contributed by atoms with Gasteiger partial charge in [0.1, 0.15) is 0 Å². The van der Waals surface area contributed by atoms with Crippen molar-refractivity contribution in [1.29, 1.82) is 0 Å². The van der Waals surface area contributed by atoms with Crippen molar-refractivity contribution >= 4 is 5.78 Å². The minimum Gasteiger partial charge on any atom is -0.294 e. The lowest BCUT2D eigenvalue weighted by Crippen LogP contribution is -2.52. The number of piperidine rings is 2. The lowest BCUT2D eigenvalue weighted by molar-refractivity contribution is -0.138. The number of Topliss-reactive ketones (excluding diaryl/α,β-unsaturated/α-hetero) is 1. The molecule has 0 aliphatic carbocycles. The Morgan fingerprint density at radius 2 is 1.75 bits per heavy atom. The topological polar surface area (TPSA) is 33.2 Å². The molecule has 1 aromatic heterocycles. The standard InChI is InChI=1S/C22H23F3N2O/c23-22(24,25)20-9-10-26-13-19(20)21(28)16-11-17-7-4-8-18(12-16)27(17)14-15-5-2-1-3-6-15/h1-3,5-6,9-10,13,16-18H,4,7-8,11-12,14H2. The maximum Gasteiger partial charge on any atom is 0.417 e. The summed E-state index contributed by atoms with van der Waals surface area (Å²) in [6.45, 7) is 0.831. The SMILES string of the molecule is O=C(c1cnccc1C(F)(F)F)C1CC2CCCC(C1)N2Cc1ccccc1. The van der Waals surface area contributed by atoms with Crippen LogP contribution in [0.2, 0.25) is 0 Å². The molecular weight excluding hydrogens is 365 g/mol. The molecule has 148 valence electrons. The number of hydrogen-bond donors (Lipinski definition) is 0. The third-order valence-corrected chi connectivity index (χ3v) is 6.10. The molecule has 3 nitrogen and oxygen atoms in total. The molecule has 2 aromatic rings. The van der Waals surface area contributed by atoms with Crippen LogP contribution in [-0.2, 0) is 12.7 Å². The van der Waals surface area contributed by atoms with Crippen molar-refractivity contribution in [3.63, 3.8) is 0 Å². The van der Waals surface area contributed by atoms with Crippen LogP contribution in [0.4, 0.5) is 13.2 Å². The Kier molecular flexibility index (Phi) is 5.23. The van der Waals surface area contributed by atoms with Crippen molar-refractivity contribution in [2.45, 2.75) is 56.9 Å². The summed E-state index contributed by atoms with van der Waals surface area (Å²) in [5, 5.41) is 0. The van der Waals surface area contributed by atoms with Crippen molar-refractivity contribution in [2.75, 3.05) is 0 Å². The van der Waals surface area contributed by atoms with Gasteiger partial charge in [0.15, 0.2) is 5.78 Å². The largest absolute Gasteiger partial charge is 0.417 e.